The van der Waals surface area contributed by atoms with Gasteiger partial charge in [0.2, 0.25) is 0 Å². The number of pyridine rings is 2. The van der Waals surface area contributed by atoms with Crippen LogP contribution in [0.5, 0.6) is 0 Å². The van der Waals surface area contributed by atoms with Gasteiger partial charge in [0.1, 0.15) is 5.56 Å². The molecule has 4 aliphatic heterocycles. The highest BCUT2D eigenvalue weighted by Gasteiger charge is 2.43. The van der Waals surface area contributed by atoms with Crippen molar-refractivity contribution >= 4 is 11.6 Å². The summed E-state index contributed by atoms with van der Waals surface area (Å²) in [6.45, 7) is 3.03. The number of anilines is 1. The van der Waals surface area contributed by atoms with Crippen molar-refractivity contribution in [3.8, 4) is 0 Å². The molecule has 156 valence electrons. The highest BCUT2D eigenvalue weighted by Crippen LogP contribution is 2.37. The number of nitrogens with zero attached hydrogens (tertiary/aromatic N) is 4. The van der Waals surface area contributed by atoms with Crippen LogP contribution in [0.1, 0.15) is 34.8 Å². The molecule has 3 saturated heterocycles. The summed E-state index contributed by atoms with van der Waals surface area (Å²) in [5.41, 5.74) is 1.56. The van der Waals surface area contributed by atoms with Crippen molar-refractivity contribution in [1.82, 2.24) is 14.5 Å². The number of morpholine rings is 1. The third-order valence-corrected chi connectivity index (χ3v) is 7.09. The number of likely N-dealkylation sites (tertiary alicyclic amines) is 1. The number of hydrogen-bond acceptors (Lipinski definition) is 5. The van der Waals surface area contributed by atoms with Gasteiger partial charge in [-0.1, -0.05) is 0 Å². The van der Waals surface area contributed by atoms with Crippen LogP contribution in [-0.2, 0) is 11.3 Å². The van der Waals surface area contributed by atoms with Crippen molar-refractivity contribution in [2.24, 2.45) is 5.92 Å². The zero-order valence-electron chi connectivity index (χ0n) is 16.5. The van der Waals surface area contributed by atoms with E-state index in [1.165, 1.54) is 6.20 Å². The van der Waals surface area contributed by atoms with Crippen molar-refractivity contribution in [2.45, 2.75) is 37.5 Å². The predicted octanol–water partition coefficient (Wildman–Crippen LogP) is 1.62. The number of hydrogen-bond donors (Lipinski definition) is 0. The molecule has 0 unspecified atom stereocenters. The molecule has 3 fully saturated rings. The lowest BCUT2D eigenvalue weighted by Crippen LogP contribution is -2.49. The lowest BCUT2D eigenvalue weighted by atomic mass is 9.82. The van der Waals surface area contributed by atoms with E-state index in [0.717, 1.165) is 18.5 Å². The predicted molar refractivity (Wildman–Crippen MR) is 107 cm³/mol. The Morgan fingerprint density at radius 1 is 1.13 bits per heavy atom. The first kappa shape index (κ1) is 18.1. The topological polar surface area (TPSA) is 67.7 Å². The molecule has 0 aliphatic carbocycles. The minimum atomic E-state index is -0.320. The summed E-state index contributed by atoms with van der Waals surface area (Å²) >= 11 is 0. The maximum Gasteiger partial charge on any atom is 0.263 e. The number of fused-ring (bicyclic) bond motifs is 6. The van der Waals surface area contributed by atoms with Crippen LogP contribution in [0.25, 0.3) is 0 Å². The Kier molecular flexibility index (Phi) is 3.99. The third-order valence-electron chi connectivity index (χ3n) is 7.09. The molecule has 4 bridgehead atoms. The second-order valence-corrected chi connectivity index (χ2v) is 8.92. The second-order valence-electron chi connectivity index (χ2n) is 8.92. The van der Waals surface area contributed by atoms with Gasteiger partial charge in [0.05, 0.1) is 30.6 Å². The van der Waals surface area contributed by atoms with E-state index >= 15 is 0 Å². The van der Waals surface area contributed by atoms with E-state index in [1.807, 2.05) is 6.07 Å². The number of ether oxygens (including phenoxy) is 1. The first-order chi connectivity index (χ1) is 14.6. The first-order valence-electron chi connectivity index (χ1n) is 10.6. The van der Waals surface area contributed by atoms with Crippen molar-refractivity contribution in [3.63, 3.8) is 0 Å². The molecule has 8 heteroatoms. The molecule has 6 rings (SSSR count). The van der Waals surface area contributed by atoms with E-state index in [4.69, 9.17) is 4.74 Å². The van der Waals surface area contributed by atoms with Gasteiger partial charge < -0.3 is 19.1 Å². The molecule has 30 heavy (non-hydrogen) atoms. The van der Waals surface area contributed by atoms with E-state index in [0.29, 0.717) is 38.5 Å². The summed E-state index contributed by atoms with van der Waals surface area (Å²) in [6, 6.07) is 5.41. The first-order valence-corrected chi connectivity index (χ1v) is 10.6. The Morgan fingerprint density at radius 3 is 2.80 bits per heavy atom. The van der Waals surface area contributed by atoms with Crippen LogP contribution in [-0.4, -0.2) is 58.7 Å². The monoisotopic (exact) mass is 410 g/mol. The van der Waals surface area contributed by atoms with Crippen LogP contribution in [0, 0.1) is 11.7 Å². The fraction of sp³-hybridized carbons (Fsp3) is 0.500. The molecule has 0 spiro atoms. The lowest BCUT2D eigenvalue weighted by Gasteiger charge is -2.44. The summed E-state index contributed by atoms with van der Waals surface area (Å²) < 4.78 is 21.6. The fourth-order valence-corrected chi connectivity index (χ4v) is 5.73. The van der Waals surface area contributed by atoms with Crippen LogP contribution in [0.2, 0.25) is 0 Å². The van der Waals surface area contributed by atoms with Gasteiger partial charge in [0, 0.05) is 44.0 Å². The smallest absolute Gasteiger partial charge is 0.263 e. The number of aromatic nitrogens is 2. The SMILES string of the molecule is O=C(c1ccc2n(c1=O)C[C@H]1C[C@@H]2CN(c2ccncc2F)C1)N1C[C@H]2C[C@@H]1CO2. The molecule has 7 nitrogen and oxygen atoms in total. The number of halogens is 1. The van der Waals surface area contributed by atoms with Gasteiger partial charge in [-0.2, -0.15) is 0 Å². The van der Waals surface area contributed by atoms with E-state index < -0.39 is 0 Å². The summed E-state index contributed by atoms with van der Waals surface area (Å²) in [6.07, 6.45) is 4.80. The Bertz CT molecular complexity index is 1090. The molecule has 4 atom stereocenters. The number of rotatable bonds is 2. The van der Waals surface area contributed by atoms with E-state index in [1.54, 1.807) is 27.8 Å². The van der Waals surface area contributed by atoms with Gasteiger partial charge in [-0.3, -0.25) is 14.6 Å². The molecule has 0 aromatic carbocycles. The second kappa shape index (κ2) is 6.63. The molecule has 4 aliphatic rings. The highest BCUT2D eigenvalue weighted by molar-refractivity contribution is 5.94. The van der Waals surface area contributed by atoms with E-state index in [-0.39, 0.29) is 46.8 Å². The minimum absolute atomic E-state index is 0.0890. The van der Waals surface area contributed by atoms with E-state index in [2.05, 4.69) is 9.88 Å². The Labute approximate surface area is 173 Å². The highest BCUT2D eigenvalue weighted by atomic mass is 19.1. The average Bonchev–Trinajstić information content (AvgIpc) is 3.38. The van der Waals surface area contributed by atoms with Crippen LogP contribution >= 0.6 is 0 Å². The van der Waals surface area contributed by atoms with Gasteiger partial charge in [-0.05, 0) is 37.0 Å². The Hall–Kier alpha value is -2.74. The van der Waals surface area contributed by atoms with Gasteiger partial charge in [-0.25, -0.2) is 4.39 Å². The number of amides is 1. The number of carbonyl (C=O) groups is 1. The van der Waals surface area contributed by atoms with Gasteiger partial charge in [0.25, 0.3) is 11.5 Å². The maximum absolute atomic E-state index is 14.3. The summed E-state index contributed by atoms with van der Waals surface area (Å²) in [7, 11) is 0. The Morgan fingerprint density at radius 2 is 2.03 bits per heavy atom. The minimum Gasteiger partial charge on any atom is -0.374 e. The van der Waals surface area contributed by atoms with Gasteiger partial charge in [0.15, 0.2) is 5.82 Å². The zero-order valence-corrected chi connectivity index (χ0v) is 16.5. The normalized spacial score (nSPS) is 29.2. The largest absolute Gasteiger partial charge is 0.374 e. The molecular formula is C22H23FN4O3. The molecule has 2 aromatic heterocycles. The molecule has 0 radical (unpaired) electrons. The summed E-state index contributed by atoms with van der Waals surface area (Å²) in [5.74, 6) is -0.122. The molecule has 0 saturated carbocycles. The molecular weight excluding hydrogens is 387 g/mol. The fourth-order valence-electron chi connectivity index (χ4n) is 5.73. The average molecular weight is 410 g/mol. The molecule has 0 N–H and O–H groups in total. The van der Waals surface area contributed by atoms with Crippen molar-refractivity contribution in [3.05, 3.63) is 58.0 Å². The molecule has 2 aromatic rings. The van der Waals surface area contributed by atoms with Crippen LogP contribution in [0.4, 0.5) is 10.1 Å². The van der Waals surface area contributed by atoms with Gasteiger partial charge in [-0.15, -0.1) is 0 Å². The number of piperidine rings is 1. The number of carbonyl (C=O) groups excluding carboxylic acids is 1. The van der Waals surface area contributed by atoms with Crippen molar-refractivity contribution in [1.29, 1.82) is 0 Å². The standard InChI is InChI=1S/C22H23FN4O3/c23-18-7-24-4-3-20(18)25-8-13-5-14(10-25)19-2-1-17(22(29)27(19)9-13)21(28)26-11-16-6-15(26)12-30-16/h1-4,7,13-16H,5-6,8-12H2/t13-,14+,15+,16+/m0/s1. The quantitative estimate of drug-likeness (QED) is 0.753. The lowest BCUT2D eigenvalue weighted by molar-refractivity contribution is 0.0257. The van der Waals surface area contributed by atoms with Crippen LogP contribution in [0.15, 0.2) is 35.4 Å². The summed E-state index contributed by atoms with van der Waals surface area (Å²) in [4.78, 5) is 34.0. The Balaban J connectivity index is 1.31. The zero-order chi connectivity index (χ0) is 20.4. The van der Waals surface area contributed by atoms with Crippen molar-refractivity contribution in [2.75, 3.05) is 31.1 Å². The van der Waals surface area contributed by atoms with E-state index in [9.17, 15) is 14.0 Å². The van der Waals surface area contributed by atoms with Gasteiger partial charge >= 0.3 is 0 Å². The molecule has 6 heterocycles. The third kappa shape index (κ3) is 2.70. The molecule has 1 amide bonds. The summed E-state index contributed by atoms with van der Waals surface area (Å²) in [5, 5.41) is 0. The van der Waals surface area contributed by atoms with Crippen LogP contribution < -0.4 is 10.5 Å². The van der Waals surface area contributed by atoms with Crippen LogP contribution in [0.3, 0.4) is 0 Å². The maximum atomic E-state index is 14.3. The van der Waals surface area contributed by atoms with Crippen molar-refractivity contribution < 1.29 is 13.9 Å².